The van der Waals surface area contributed by atoms with Crippen molar-refractivity contribution in [3.63, 3.8) is 0 Å². The number of rotatable bonds is 3. The third-order valence-electron chi connectivity index (χ3n) is 7.66. The number of pyridine rings is 1. The van der Waals surface area contributed by atoms with Gasteiger partial charge in [0.15, 0.2) is 0 Å². The van der Waals surface area contributed by atoms with Gasteiger partial charge in [-0.1, -0.05) is 0 Å². The first-order valence-electron chi connectivity index (χ1n) is 10.4. The van der Waals surface area contributed by atoms with Gasteiger partial charge >= 0.3 is 6.18 Å². The first-order valence-corrected chi connectivity index (χ1v) is 11.9. The third-order valence-corrected chi connectivity index (χ3v) is 9.69. The predicted molar refractivity (Wildman–Crippen MR) is 102 cm³/mol. The molecule has 6 nitrogen and oxygen atoms in total. The molecule has 3 aliphatic heterocycles. The van der Waals surface area contributed by atoms with E-state index in [0.717, 1.165) is 57.5 Å². The van der Waals surface area contributed by atoms with E-state index in [-0.39, 0.29) is 16.0 Å². The molecule has 10 heteroatoms. The summed E-state index contributed by atoms with van der Waals surface area (Å²) < 4.78 is 71.8. The van der Waals surface area contributed by atoms with Gasteiger partial charge in [0.1, 0.15) is 10.6 Å². The summed E-state index contributed by atoms with van der Waals surface area (Å²) in [7, 11) is -3.86. The number of nitrogens with one attached hydrogen (secondary N) is 1. The highest BCUT2D eigenvalue weighted by Crippen LogP contribution is 2.59. The second-order valence-electron chi connectivity index (χ2n) is 9.55. The second kappa shape index (κ2) is 6.63. The van der Waals surface area contributed by atoms with Gasteiger partial charge in [-0.05, 0) is 56.1 Å². The number of hydrogen-bond acceptors (Lipinski definition) is 5. The van der Waals surface area contributed by atoms with Crippen molar-refractivity contribution in [2.45, 2.75) is 49.8 Å². The van der Waals surface area contributed by atoms with Crippen molar-refractivity contribution in [1.29, 1.82) is 0 Å². The van der Waals surface area contributed by atoms with E-state index < -0.39 is 21.9 Å². The topological polar surface area (TPSA) is 71.5 Å². The smallest absolute Gasteiger partial charge is 0.376 e. The summed E-state index contributed by atoms with van der Waals surface area (Å²) >= 11 is 0. The fourth-order valence-corrected chi connectivity index (χ4v) is 7.39. The van der Waals surface area contributed by atoms with E-state index in [1.165, 1.54) is 11.2 Å². The minimum absolute atomic E-state index is 0.115. The number of sulfonamides is 1. The number of hydrogen-bond donors (Lipinski definition) is 1. The molecule has 0 aromatic carbocycles. The lowest BCUT2D eigenvalue weighted by molar-refractivity contribution is -0.256. The van der Waals surface area contributed by atoms with Crippen LogP contribution in [0, 0.1) is 23.7 Å². The molecule has 5 rings (SSSR count). The zero-order chi connectivity index (χ0) is 21.4. The summed E-state index contributed by atoms with van der Waals surface area (Å²) in [5.74, 6) is 0.561. The van der Waals surface area contributed by atoms with Crippen LogP contribution in [0.5, 0.6) is 0 Å². The Bertz CT molecular complexity index is 940. The second-order valence-corrected chi connectivity index (χ2v) is 11.5. The van der Waals surface area contributed by atoms with Crippen molar-refractivity contribution < 1.29 is 26.3 Å². The number of aromatic nitrogens is 1. The Labute approximate surface area is 174 Å². The van der Waals surface area contributed by atoms with Gasteiger partial charge in [0.25, 0.3) is 0 Å². The first kappa shape index (κ1) is 20.7. The molecule has 1 atom stereocenters. The summed E-state index contributed by atoms with van der Waals surface area (Å²) in [5, 5.41) is 3.34. The van der Waals surface area contributed by atoms with E-state index in [2.05, 4.69) is 10.3 Å². The molecule has 1 aromatic heterocycles. The quantitative estimate of drug-likeness (QED) is 0.775. The summed E-state index contributed by atoms with van der Waals surface area (Å²) in [6.07, 6.45) is -0.528. The molecule has 1 aromatic rings. The summed E-state index contributed by atoms with van der Waals surface area (Å²) in [4.78, 5) is 3.35. The van der Waals surface area contributed by atoms with Crippen LogP contribution >= 0.6 is 0 Å². The van der Waals surface area contributed by atoms with E-state index in [9.17, 15) is 21.6 Å². The largest absolute Gasteiger partial charge is 0.433 e. The number of nitrogens with zero attached hydrogens (tertiary/aromatic N) is 2. The highest BCUT2D eigenvalue weighted by molar-refractivity contribution is 7.89. The summed E-state index contributed by atoms with van der Waals surface area (Å²) in [5.41, 5.74) is -0.671. The molecule has 0 radical (unpaired) electrons. The zero-order valence-electron chi connectivity index (χ0n) is 16.8. The maximum absolute atomic E-state index is 13.0. The van der Waals surface area contributed by atoms with Crippen molar-refractivity contribution in [3.8, 4) is 0 Å². The third kappa shape index (κ3) is 3.10. The van der Waals surface area contributed by atoms with E-state index in [1.54, 1.807) is 0 Å². The average Bonchev–Trinajstić information content (AvgIpc) is 2.57. The molecular formula is C20H26F3N3O3S. The minimum atomic E-state index is -4.59. The lowest BCUT2D eigenvalue weighted by Crippen LogP contribution is -2.72. The minimum Gasteiger partial charge on any atom is -0.376 e. The van der Waals surface area contributed by atoms with Crippen LogP contribution in [0.1, 0.15) is 37.1 Å². The van der Waals surface area contributed by atoms with Crippen LogP contribution in [0.3, 0.4) is 0 Å². The molecule has 1 unspecified atom stereocenters. The number of aryl methyl sites for hydroxylation is 1. The fraction of sp³-hybridized carbons (Fsp3) is 0.750. The van der Waals surface area contributed by atoms with E-state index in [1.807, 2.05) is 0 Å². The molecule has 1 N–H and O–H groups in total. The molecule has 0 amide bonds. The van der Waals surface area contributed by atoms with Crippen molar-refractivity contribution in [2.75, 3.05) is 32.8 Å². The van der Waals surface area contributed by atoms with Gasteiger partial charge in [-0.15, -0.1) is 0 Å². The molecular weight excluding hydrogens is 419 g/mol. The van der Waals surface area contributed by atoms with Gasteiger partial charge in [-0.3, -0.25) is 0 Å². The van der Waals surface area contributed by atoms with Crippen molar-refractivity contribution >= 4 is 10.0 Å². The molecule has 0 bridgehead atoms. The Morgan fingerprint density at radius 2 is 1.87 bits per heavy atom. The van der Waals surface area contributed by atoms with Gasteiger partial charge in [0.05, 0.1) is 18.4 Å². The Balaban J connectivity index is 1.23. The first-order chi connectivity index (χ1) is 14.0. The van der Waals surface area contributed by atoms with Crippen molar-refractivity contribution in [3.05, 3.63) is 23.5 Å². The molecule has 4 heterocycles. The number of ether oxygens (including phenoxy) is 1. The Hall–Kier alpha value is -1.23. The number of piperidine rings is 1. The van der Waals surface area contributed by atoms with Gasteiger partial charge in [0, 0.05) is 31.6 Å². The van der Waals surface area contributed by atoms with Crippen molar-refractivity contribution in [1.82, 2.24) is 14.6 Å². The van der Waals surface area contributed by atoms with Crippen LogP contribution in [0.15, 0.2) is 17.0 Å². The normalized spacial score (nSPS) is 28.7. The average molecular weight is 446 g/mol. The lowest BCUT2D eigenvalue weighted by Gasteiger charge is -2.63. The van der Waals surface area contributed by atoms with Crippen LogP contribution in [-0.4, -0.2) is 56.6 Å². The van der Waals surface area contributed by atoms with Gasteiger partial charge < -0.3 is 10.1 Å². The summed E-state index contributed by atoms with van der Waals surface area (Å²) in [6, 6.07) is 1.77. The maximum Gasteiger partial charge on any atom is 0.433 e. The van der Waals surface area contributed by atoms with Crippen LogP contribution in [0.4, 0.5) is 13.2 Å². The molecule has 4 aliphatic rings. The van der Waals surface area contributed by atoms with Gasteiger partial charge in [-0.25, -0.2) is 13.4 Å². The molecule has 1 saturated carbocycles. The lowest BCUT2D eigenvalue weighted by atomic mass is 9.52. The highest BCUT2D eigenvalue weighted by Gasteiger charge is 2.60. The SMILES string of the molecule is Cc1nc(C(F)(F)F)ccc1S(=O)(=O)N1CCC2(CC1)CC(C1OCC13CNC3)C2. The zero-order valence-corrected chi connectivity index (χ0v) is 17.7. The molecule has 1 aliphatic carbocycles. The maximum atomic E-state index is 13.0. The molecule has 2 spiro atoms. The van der Waals surface area contributed by atoms with Gasteiger partial charge in [0.2, 0.25) is 10.0 Å². The number of halogens is 3. The molecule has 30 heavy (non-hydrogen) atoms. The standard InChI is InChI=1S/C20H26F3N3O3S/c1-13-15(2-3-16(25-13)20(21,22)23)30(27,28)26-6-4-18(5-7-26)8-14(9-18)17-19(12-29-17)10-24-11-19/h2-3,14,17,24H,4-12H2,1H3. The van der Waals surface area contributed by atoms with Crippen LogP contribution in [0.25, 0.3) is 0 Å². The van der Waals surface area contributed by atoms with Crippen molar-refractivity contribution in [2.24, 2.45) is 16.7 Å². The van der Waals surface area contributed by atoms with E-state index >= 15 is 0 Å². The Morgan fingerprint density at radius 1 is 1.20 bits per heavy atom. The van der Waals surface area contributed by atoms with Crippen LogP contribution in [0.2, 0.25) is 0 Å². The van der Waals surface area contributed by atoms with Crippen LogP contribution < -0.4 is 5.32 Å². The highest BCUT2D eigenvalue weighted by atomic mass is 32.2. The Morgan fingerprint density at radius 3 is 2.33 bits per heavy atom. The number of alkyl halides is 3. The molecule has 166 valence electrons. The molecule has 4 fully saturated rings. The van der Waals surface area contributed by atoms with Crippen LogP contribution in [-0.2, 0) is 20.9 Å². The van der Waals surface area contributed by atoms with E-state index in [4.69, 9.17) is 4.74 Å². The Kier molecular flexibility index (Phi) is 4.57. The van der Waals surface area contributed by atoms with Gasteiger partial charge in [-0.2, -0.15) is 17.5 Å². The fourth-order valence-electron chi connectivity index (χ4n) is 5.79. The predicted octanol–water partition coefficient (Wildman–Crippen LogP) is 2.58. The molecule has 3 saturated heterocycles. The monoisotopic (exact) mass is 445 g/mol. The van der Waals surface area contributed by atoms with E-state index in [0.29, 0.717) is 30.5 Å². The summed E-state index contributed by atoms with van der Waals surface area (Å²) in [6.45, 7) is 5.03.